The smallest absolute Gasteiger partial charge is 0.254 e. The molecule has 1 aliphatic rings. The third-order valence-electron chi connectivity index (χ3n) is 4.69. The Morgan fingerprint density at radius 1 is 1.36 bits per heavy atom. The summed E-state index contributed by atoms with van der Waals surface area (Å²) in [6, 6.07) is 7.81. The molecular weight excluding hydrogens is 340 g/mol. The second kappa shape index (κ2) is 7.99. The maximum atomic E-state index is 12.5. The van der Waals surface area contributed by atoms with Gasteiger partial charge in [-0.1, -0.05) is 29.8 Å². The largest absolute Gasteiger partial charge is 0.379 e. The Kier molecular flexibility index (Phi) is 5.73. The van der Waals surface area contributed by atoms with Gasteiger partial charge in [0.1, 0.15) is 0 Å². The minimum Gasteiger partial charge on any atom is -0.379 e. The SMILES string of the molecule is Cc1c(C(=O)NC[C@@H](c2ccccc2Cl)N2CCOCC2)cnn1C. The molecule has 1 saturated heterocycles. The maximum absolute atomic E-state index is 12.5. The minimum absolute atomic E-state index is 0.0125. The number of carbonyl (C=O) groups is 1. The number of morpholine rings is 1. The Morgan fingerprint density at radius 3 is 2.72 bits per heavy atom. The molecule has 0 radical (unpaired) electrons. The molecule has 1 amide bonds. The van der Waals surface area contributed by atoms with Gasteiger partial charge in [-0.05, 0) is 18.6 Å². The molecule has 0 bridgehead atoms. The number of hydrogen-bond acceptors (Lipinski definition) is 4. The number of halogens is 1. The predicted molar refractivity (Wildman–Crippen MR) is 96.9 cm³/mol. The van der Waals surface area contributed by atoms with Crippen LogP contribution in [0.15, 0.2) is 30.5 Å². The van der Waals surface area contributed by atoms with Crippen molar-refractivity contribution in [2.24, 2.45) is 7.05 Å². The normalized spacial score (nSPS) is 16.6. The van der Waals surface area contributed by atoms with Crippen LogP contribution in [0.2, 0.25) is 5.02 Å². The summed E-state index contributed by atoms with van der Waals surface area (Å²) in [5.41, 5.74) is 2.47. The molecule has 0 spiro atoms. The fourth-order valence-corrected chi connectivity index (χ4v) is 3.34. The van der Waals surface area contributed by atoms with Crippen LogP contribution in [-0.2, 0) is 11.8 Å². The molecule has 1 N–H and O–H groups in total. The third-order valence-corrected chi connectivity index (χ3v) is 5.03. The molecule has 2 heterocycles. The van der Waals surface area contributed by atoms with Gasteiger partial charge in [-0.25, -0.2) is 0 Å². The third kappa shape index (κ3) is 4.03. The van der Waals surface area contributed by atoms with Crippen molar-refractivity contribution in [2.45, 2.75) is 13.0 Å². The summed E-state index contributed by atoms with van der Waals surface area (Å²) in [7, 11) is 1.83. The van der Waals surface area contributed by atoms with E-state index in [1.807, 2.05) is 38.2 Å². The predicted octanol–water partition coefficient (Wildman–Crippen LogP) is 2.19. The van der Waals surface area contributed by atoms with E-state index in [4.69, 9.17) is 16.3 Å². The first-order valence-electron chi connectivity index (χ1n) is 8.41. The fraction of sp³-hybridized carbons (Fsp3) is 0.444. The molecule has 0 unspecified atom stereocenters. The number of nitrogens with zero attached hydrogens (tertiary/aromatic N) is 3. The number of ether oxygens (including phenoxy) is 1. The molecule has 25 heavy (non-hydrogen) atoms. The first kappa shape index (κ1) is 17.9. The number of aryl methyl sites for hydroxylation is 1. The number of amides is 1. The molecule has 134 valence electrons. The summed E-state index contributed by atoms with van der Waals surface area (Å²) in [6.45, 7) is 5.38. The van der Waals surface area contributed by atoms with Gasteiger partial charge >= 0.3 is 0 Å². The summed E-state index contributed by atoms with van der Waals surface area (Å²) in [5, 5.41) is 7.89. The van der Waals surface area contributed by atoms with Crippen LogP contribution < -0.4 is 5.32 Å². The van der Waals surface area contributed by atoms with Crippen molar-refractivity contribution in [1.29, 1.82) is 0 Å². The molecule has 0 saturated carbocycles. The van der Waals surface area contributed by atoms with Crippen molar-refractivity contribution in [3.63, 3.8) is 0 Å². The molecule has 7 heteroatoms. The average molecular weight is 363 g/mol. The van der Waals surface area contributed by atoms with Crippen LogP contribution in [0, 0.1) is 6.92 Å². The summed E-state index contributed by atoms with van der Waals surface area (Å²) in [5.74, 6) is -0.115. The lowest BCUT2D eigenvalue weighted by Gasteiger charge is -2.35. The van der Waals surface area contributed by atoms with Crippen molar-refractivity contribution in [2.75, 3.05) is 32.8 Å². The highest BCUT2D eigenvalue weighted by molar-refractivity contribution is 6.31. The van der Waals surface area contributed by atoms with E-state index in [0.29, 0.717) is 30.3 Å². The number of carbonyl (C=O) groups excluding carboxylic acids is 1. The molecule has 1 fully saturated rings. The molecule has 0 aliphatic carbocycles. The molecule has 1 aromatic heterocycles. The van der Waals surface area contributed by atoms with Gasteiger partial charge in [0, 0.05) is 37.4 Å². The Hall–Kier alpha value is -1.89. The van der Waals surface area contributed by atoms with Crippen molar-refractivity contribution in [3.05, 3.63) is 52.3 Å². The van der Waals surface area contributed by atoms with Gasteiger partial charge in [-0.15, -0.1) is 0 Å². The van der Waals surface area contributed by atoms with E-state index in [2.05, 4.69) is 15.3 Å². The molecule has 3 rings (SSSR count). The molecular formula is C18H23ClN4O2. The number of aromatic nitrogens is 2. The van der Waals surface area contributed by atoms with Gasteiger partial charge in [0.2, 0.25) is 0 Å². The topological polar surface area (TPSA) is 59.4 Å². The van der Waals surface area contributed by atoms with Gasteiger partial charge in [0.15, 0.2) is 0 Å². The zero-order valence-electron chi connectivity index (χ0n) is 14.5. The maximum Gasteiger partial charge on any atom is 0.254 e. The molecule has 1 aliphatic heterocycles. The van der Waals surface area contributed by atoms with Crippen LogP contribution in [0.1, 0.15) is 27.7 Å². The Bertz CT molecular complexity index is 740. The Labute approximate surface area is 152 Å². The van der Waals surface area contributed by atoms with Gasteiger partial charge < -0.3 is 10.1 Å². The highest BCUT2D eigenvalue weighted by atomic mass is 35.5. The van der Waals surface area contributed by atoms with Crippen LogP contribution in [0.25, 0.3) is 0 Å². The van der Waals surface area contributed by atoms with E-state index in [-0.39, 0.29) is 11.9 Å². The standard InChI is InChI=1S/C18H23ClN4O2/c1-13-15(11-21-22(13)2)18(24)20-12-17(23-7-9-25-10-8-23)14-5-3-4-6-16(14)19/h3-6,11,17H,7-10,12H2,1-2H3,(H,20,24)/t17-/m0/s1. The van der Waals surface area contributed by atoms with E-state index < -0.39 is 0 Å². The number of nitrogens with one attached hydrogen (secondary N) is 1. The van der Waals surface area contributed by atoms with E-state index >= 15 is 0 Å². The highest BCUT2D eigenvalue weighted by Crippen LogP contribution is 2.27. The fourth-order valence-electron chi connectivity index (χ4n) is 3.08. The molecule has 1 atom stereocenters. The number of hydrogen-bond donors (Lipinski definition) is 1. The highest BCUT2D eigenvalue weighted by Gasteiger charge is 2.25. The Balaban J connectivity index is 1.77. The summed E-state index contributed by atoms with van der Waals surface area (Å²) in [6.07, 6.45) is 1.60. The van der Waals surface area contributed by atoms with Crippen molar-refractivity contribution in [1.82, 2.24) is 20.0 Å². The zero-order chi connectivity index (χ0) is 17.8. The summed E-state index contributed by atoms with van der Waals surface area (Å²) >= 11 is 6.42. The number of benzene rings is 1. The quantitative estimate of drug-likeness (QED) is 0.885. The van der Waals surface area contributed by atoms with Gasteiger partial charge in [0.05, 0.1) is 31.0 Å². The van der Waals surface area contributed by atoms with Gasteiger partial charge in [0.25, 0.3) is 5.91 Å². The van der Waals surface area contributed by atoms with Crippen LogP contribution >= 0.6 is 11.6 Å². The second-order valence-corrected chi connectivity index (χ2v) is 6.57. The number of rotatable bonds is 5. The second-order valence-electron chi connectivity index (χ2n) is 6.16. The first-order chi connectivity index (χ1) is 12.1. The van der Waals surface area contributed by atoms with Crippen LogP contribution in [0.4, 0.5) is 0 Å². The van der Waals surface area contributed by atoms with E-state index in [1.165, 1.54) is 0 Å². The van der Waals surface area contributed by atoms with Gasteiger partial charge in [-0.3, -0.25) is 14.4 Å². The zero-order valence-corrected chi connectivity index (χ0v) is 15.3. The Morgan fingerprint density at radius 2 is 2.08 bits per heavy atom. The monoisotopic (exact) mass is 362 g/mol. The van der Waals surface area contributed by atoms with Crippen LogP contribution in [0.3, 0.4) is 0 Å². The van der Waals surface area contributed by atoms with Crippen molar-refractivity contribution < 1.29 is 9.53 Å². The van der Waals surface area contributed by atoms with Crippen LogP contribution in [-0.4, -0.2) is 53.4 Å². The van der Waals surface area contributed by atoms with E-state index in [1.54, 1.807) is 10.9 Å². The summed E-state index contributed by atoms with van der Waals surface area (Å²) < 4.78 is 7.15. The van der Waals surface area contributed by atoms with Crippen molar-refractivity contribution in [3.8, 4) is 0 Å². The lowest BCUT2D eigenvalue weighted by Crippen LogP contribution is -2.44. The minimum atomic E-state index is -0.115. The van der Waals surface area contributed by atoms with Crippen LogP contribution in [0.5, 0.6) is 0 Å². The lowest BCUT2D eigenvalue weighted by molar-refractivity contribution is 0.0162. The average Bonchev–Trinajstić information content (AvgIpc) is 2.96. The summed E-state index contributed by atoms with van der Waals surface area (Å²) in [4.78, 5) is 14.8. The first-order valence-corrected chi connectivity index (χ1v) is 8.78. The molecule has 1 aromatic carbocycles. The molecule has 2 aromatic rings. The van der Waals surface area contributed by atoms with Gasteiger partial charge in [-0.2, -0.15) is 5.10 Å². The van der Waals surface area contributed by atoms with E-state index in [0.717, 1.165) is 24.3 Å². The molecule has 6 nitrogen and oxygen atoms in total. The van der Waals surface area contributed by atoms with E-state index in [9.17, 15) is 4.79 Å². The lowest BCUT2D eigenvalue weighted by atomic mass is 10.0. The van der Waals surface area contributed by atoms with Crippen molar-refractivity contribution >= 4 is 17.5 Å².